The van der Waals surface area contributed by atoms with Crippen LogP contribution >= 0.6 is 0 Å². The molecule has 3 rings (SSSR count). The monoisotopic (exact) mass is 537 g/mol. The zero-order valence-corrected chi connectivity index (χ0v) is 22.2. The van der Waals surface area contributed by atoms with Gasteiger partial charge >= 0.3 is 0 Å². The van der Waals surface area contributed by atoms with E-state index in [1.807, 2.05) is 30.3 Å². The highest BCUT2D eigenvalue weighted by Crippen LogP contribution is 2.30. The summed E-state index contributed by atoms with van der Waals surface area (Å²) in [5.41, 5.74) is 4.05. The molecule has 38 heavy (non-hydrogen) atoms. The Labute approximate surface area is 223 Å². The minimum atomic E-state index is -4.06. The van der Waals surface area contributed by atoms with Gasteiger partial charge in [0.2, 0.25) is 10.0 Å². The Kier molecular flexibility index (Phi) is 10.4. The van der Waals surface area contributed by atoms with Gasteiger partial charge in [-0.1, -0.05) is 55.1 Å². The van der Waals surface area contributed by atoms with Gasteiger partial charge in [-0.25, -0.2) is 13.8 Å². The third-order valence-corrected chi connectivity index (χ3v) is 7.28. The molecule has 1 amide bonds. The largest absolute Gasteiger partial charge is 0.493 e. The molecule has 9 nitrogen and oxygen atoms in total. The average molecular weight is 538 g/mol. The number of nitrogens with one attached hydrogen (secondary N) is 1. The van der Waals surface area contributed by atoms with Crippen LogP contribution < -0.4 is 19.6 Å². The molecule has 1 N–H and O–H groups in total. The van der Waals surface area contributed by atoms with Crippen LogP contribution in [-0.2, 0) is 21.2 Å². The third kappa shape index (κ3) is 7.92. The second-order valence-electron chi connectivity index (χ2n) is 8.06. The molecule has 10 heteroatoms. The number of hydrogen-bond donors (Lipinski definition) is 1. The van der Waals surface area contributed by atoms with E-state index in [9.17, 15) is 13.2 Å². The van der Waals surface area contributed by atoms with E-state index in [-0.39, 0.29) is 17.2 Å². The summed E-state index contributed by atoms with van der Waals surface area (Å²) in [6.45, 7) is 3.64. The van der Waals surface area contributed by atoms with Crippen molar-refractivity contribution in [2.45, 2.75) is 11.3 Å². The van der Waals surface area contributed by atoms with Gasteiger partial charge in [0.1, 0.15) is 12.4 Å². The van der Waals surface area contributed by atoms with E-state index < -0.39 is 22.5 Å². The lowest BCUT2D eigenvalue weighted by atomic mass is 10.1. The zero-order chi connectivity index (χ0) is 27.4. The Morgan fingerprint density at radius 2 is 1.76 bits per heavy atom. The standard InChI is InChI=1S/C28H31N3O6S/c1-4-17-37-24-12-8-11-23(18-24)20-29-30-28(32)21-31(16-15-22-9-6-5-7-10-22)38(33,34)25-13-14-26(35-2)27(19-25)36-3/h4-14,18-20H,1,15-17,21H2,2-3H3,(H,30,32)/b29-20-. The lowest BCUT2D eigenvalue weighted by Crippen LogP contribution is -2.40. The van der Waals surface area contributed by atoms with Crippen molar-refractivity contribution in [3.63, 3.8) is 0 Å². The molecule has 0 aromatic heterocycles. The van der Waals surface area contributed by atoms with E-state index in [1.54, 1.807) is 30.3 Å². The van der Waals surface area contributed by atoms with Crippen molar-refractivity contribution >= 4 is 22.1 Å². The molecule has 0 unspecified atom stereocenters. The van der Waals surface area contributed by atoms with E-state index in [0.29, 0.717) is 30.1 Å². The van der Waals surface area contributed by atoms with Crippen LogP contribution in [0.5, 0.6) is 17.2 Å². The highest BCUT2D eigenvalue weighted by Gasteiger charge is 2.27. The van der Waals surface area contributed by atoms with Crippen LogP contribution in [0.2, 0.25) is 0 Å². The first-order valence-electron chi connectivity index (χ1n) is 11.8. The van der Waals surface area contributed by atoms with Crippen LogP contribution in [0.15, 0.2) is 95.4 Å². The fourth-order valence-electron chi connectivity index (χ4n) is 3.52. The molecule has 3 aromatic rings. The molecule has 0 heterocycles. The number of carbonyl (C=O) groups is 1. The number of hydrogen-bond acceptors (Lipinski definition) is 7. The number of amides is 1. The lowest BCUT2D eigenvalue weighted by Gasteiger charge is -2.22. The van der Waals surface area contributed by atoms with Crippen LogP contribution in [0.3, 0.4) is 0 Å². The quantitative estimate of drug-likeness (QED) is 0.191. The molecule has 0 atom stereocenters. The number of benzene rings is 3. The van der Waals surface area contributed by atoms with Crippen molar-refractivity contribution < 1.29 is 27.4 Å². The second-order valence-corrected chi connectivity index (χ2v) is 9.99. The highest BCUT2D eigenvalue weighted by atomic mass is 32.2. The number of ether oxygens (including phenoxy) is 3. The fourth-order valence-corrected chi connectivity index (χ4v) is 4.94. The molecule has 0 saturated carbocycles. The van der Waals surface area contributed by atoms with Crippen molar-refractivity contribution in [1.29, 1.82) is 0 Å². The Hall–Kier alpha value is -4.15. The molecule has 0 fully saturated rings. The van der Waals surface area contributed by atoms with Gasteiger partial charge in [0, 0.05) is 12.6 Å². The summed E-state index contributed by atoms with van der Waals surface area (Å²) in [7, 11) is -1.16. The SMILES string of the molecule is C=CCOc1cccc(/C=N\NC(=O)CN(CCc2ccccc2)S(=O)(=O)c2ccc(OC)c(OC)c2)c1. The van der Waals surface area contributed by atoms with Crippen molar-refractivity contribution in [1.82, 2.24) is 9.73 Å². The molecule has 3 aromatic carbocycles. The highest BCUT2D eigenvalue weighted by molar-refractivity contribution is 7.89. The number of hydrazone groups is 1. The fraction of sp³-hybridized carbons (Fsp3) is 0.214. The van der Waals surface area contributed by atoms with Crippen LogP contribution in [0.25, 0.3) is 0 Å². The van der Waals surface area contributed by atoms with E-state index in [1.165, 1.54) is 38.6 Å². The topological polar surface area (TPSA) is 107 Å². The van der Waals surface area contributed by atoms with Gasteiger partial charge in [0.15, 0.2) is 11.5 Å². The van der Waals surface area contributed by atoms with Gasteiger partial charge in [0.25, 0.3) is 5.91 Å². The molecule has 0 saturated heterocycles. The first-order chi connectivity index (χ1) is 18.4. The predicted molar refractivity (Wildman–Crippen MR) is 146 cm³/mol. The first kappa shape index (κ1) is 28.4. The molecule has 0 spiro atoms. The summed E-state index contributed by atoms with van der Waals surface area (Å²) in [5.74, 6) is 0.712. The summed E-state index contributed by atoms with van der Waals surface area (Å²) in [5, 5.41) is 3.98. The van der Waals surface area contributed by atoms with Gasteiger partial charge in [-0.2, -0.15) is 9.41 Å². The minimum Gasteiger partial charge on any atom is -0.493 e. The second kappa shape index (κ2) is 14.0. The van der Waals surface area contributed by atoms with E-state index in [2.05, 4.69) is 17.1 Å². The summed E-state index contributed by atoms with van der Waals surface area (Å²) in [6, 6.07) is 20.9. The smallest absolute Gasteiger partial charge is 0.255 e. The number of methoxy groups -OCH3 is 2. The van der Waals surface area contributed by atoms with Gasteiger partial charge in [-0.15, -0.1) is 0 Å². The maximum atomic E-state index is 13.6. The van der Waals surface area contributed by atoms with E-state index in [4.69, 9.17) is 14.2 Å². The molecule has 0 aliphatic heterocycles. The Balaban J connectivity index is 1.76. The molecule has 0 radical (unpaired) electrons. The molecule has 0 aliphatic carbocycles. The first-order valence-corrected chi connectivity index (χ1v) is 13.2. The number of rotatable bonds is 14. The van der Waals surface area contributed by atoms with Crippen LogP contribution in [-0.4, -0.2) is 58.8 Å². The maximum Gasteiger partial charge on any atom is 0.255 e. The minimum absolute atomic E-state index is 0.0177. The van der Waals surface area contributed by atoms with Gasteiger partial charge in [0.05, 0.1) is 31.9 Å². The van der Waals surface area contributed by atoms with Gasteiger partial charge in [-0.3, -0.25) is 4.79 Å². The number of nitrogens with zero attached hydrogens (tertiary/aromatic N) is 2. The number of carbonyl (C=O) groups excluding carboxylic acids is 1. The Morgan fingerprint density at radius 1 is 1.00 bits per heavy atom. The Bertz CT molecular complexity index is 1360. The summed E-state index contributed by atoms with van der Waals surface area (Å²) >= 11 is 0. The van der Waals surface area contributed by atoms with Crippen molar-refractivity contribution in [2.24, 2.45) is 5.10 Å². The zero-order valence-electron chi connectivity index (χ0n) is 21.4. The van der Waals surface area contributed by atoms with Gasteiger partial charge in [-0.05, 0) is 41.8 Å². The molecular formula is C28H31N3O6S. The number of sulfonamides is 1. The van der Waals surface area contributed by atoms with Crippen molar-refractivity contribution in [3.8, 4) is 17.2 Å². The van der Waals surface area contributed by atoms with Crippen LogP contribution in [0, 0.1) is 0 Å². The molecule has 200 valence electrons. The Morgan fingerprint density at radius 3 is 2.47 bits per heavy atom. The van der Waals surface area contributed by atoms with Crippen LogP contribution in [0.1, 0.15) is 11.1 Å². The van der Waals surface area contributed by atoms with E-state index in [0.717, 1.165) is 9.87 Å². The summed E-state index contributed by atoms with van der Waals surface area (Å²) < 4.78 is 44.2. The molecule has 0 bridgehead atoms. The molecule has 0 aliphatic rings. The predicted octanol–water partition coefficient (Wildman–Crippen LogP) is 3.65. The van der Waals surface area contributed by atoms with Crippen molar-refractivity contribution in [3.05, 3.63) is 96.6 Å². The molecular weight excluding hydrogens is 506 g/mol. The average Bonchev–Trinajstić information content (AvgIpc) is 2.94. The normalized spacial score (nSPS) is 11.3. The lowest BCUT2D eigenvalue weighted by molar-refractivity contribution is -0.121. The van der Waals surface area contributed by atoms with Gasteiger partial charge < -0.3 is 14.2 Å². The summed E-state index contributed by atoms with van der Waals surface area (Å²) in [4.78, 5) is 12.7. The maximum absolute atomic E-state index is 13.6. The third-order valence-electron chi connectivity index (χ3n) is 5.43. The summed E-state index contributed by atoms with van der Waals surface area (Å²) in [6.07, 6.45) is 3.51. The van der Waals surface area contributed by atoms with Crippen LogP contribution in [0.4, 0.5) is 0 Å². The van der Waals surface area contributed by atoms with E-state index >= 15 is 0 Å². The van der Waals surface area contributed by atoms with Crippen molar-refractivity contribution in [2.75, 3.05) is 33.9 Å².